The molecule has 0 atom stereocenters. The molecule has 0 saturated carbocycles. The van der Waals surface area contributed by atoms with E-state index in [0.29, 0.717) is 0 Å². The van der Waals surface area contributed by atoms with E-state index in [2.05, 4.69) is 10.3 Å². The van der Waals surface area contributed by atoms with E-state index in [-0.39, 0.29) is 22.0 Å². The van der Waals surface area contributed by atoms with Crippen LogP contribution >= 0.6 is 0 Å². The number of carbonyl (C=O) groups excluding carboxylic acids is 1. The first-order chi connectivity index (χ1) is 16.2. The minimum Gasteiger partial charge on any atom is -0.505 e. The number of carboxylic acids is 1. The molecule has 0 fully saturated rings. The summed E-state index contributed by atoms with van der Waals surface area (Å²) in [5, 5.41) is 21.1. The molecule has 1 amide bonds. The molecular weight excluding hydrogens is 458 g/mol. The van der Waals surface area contributed by atoms with E-state index < -0.39 is 27.7 Å². The quantitative estimate of drug-likeness (QED) is 0.488. The van der Waals surface area contributed by atoms with Crippen molar-refractivity contribution in [2.45, 2.75) is 4.90 Å². The Hall–Kier alpha value is -4.44. The second-order valence-electron chi connectivity index (χ2n) is 6.92. The number of carboxylic acid groups (broad SMARTS) is 1. The monoisotopic (exact) mass is 479 g/mol. The lowest BCUT2D eigenvalue weighted by Crippen LogP contribution is -2.37. The van der Waals surface area contributed by atoms with Gasteiger partial charge in [0.2, 0.25) is 0 Å². The zero-order valence-electron chi connectivity index (χ0n) is 18.0. The molecule has 34 heavy (non-hydrogen) atoms. The number of aromatic nitrogens is 1. The van der Waals surface area contributed by atoms with Crippen LogP contribution in [0.2, 0.25) is 0 Å². The van der Waals surface area contributed by atoms with Gasteiger partial charge in [-0.05, 0) is 35.9 Å². The molecule has 174 valence electrons. The molecule has 3 aromatic rings. The molecule has 1 aromatic heterocycles. The maximum Gasteiger partial charge on any atom is 0.328 e. The number of fused-ring (bicyclic) bond motifs is 1. The second-order valence-corrected chi connectivity index (χ2v) is 8.85. The number of carbonyl (C=O) groups is 2. The van der Waals surface area contributed by atoms with Crippen molar-refractivity contribution < 1.29 is 28.2 Å². The number of aliphatic carboxylic acids is 1. The highest BCUT2D eigenvalue weighted by Gasteiger charge is 2.37. The van der Waals surface area contributed by atoms with Crippen molar-refractivity contribution in [3.05, 3.63) is 102 Å². The van der Waals surface area contributed by atoms with Crippen molar-refractivity contribution in [3.8, 4) is 0 Å². The average Bonchev–Trinajstić information content (AvgIpc) is 2.83. The Labute approximate surface area is 196 Å². The number of likely N-dealkylation sites (N-methyl/N-ethyl adjacent to an activating group) is 1. The number of nitrogens with one attached hydrogen (secondary N) is 1. The maximum atomic E-state index is 12.5. The third kappa shape index (κ3) is 5.48. The molecule has 10 heteroatoms. The molecule has 0 spiro atoms. The largest absolute Gasteiger partial charge is 0.505 e. The highest BCUT2D eigenvalue weighted by atomic mass is 32.2. The summed E-state index contributed by atoms with van der Waals surface area (Å²) in [7, 11) is -2.69. The first-order valence-electron chi connectivity index (χ1n) is 9.92. The number of pyridine rings is 1. The van der Waals surface area contributed by atoms with Crippen LogP contribution in [0.4, 0.5) is 5.82 Å². The number of aliphatic hydroxyl groups is 1. The molecule has 9 nitrogen and oxygen atoms in total. The van der Waals surface area contributed by atoms with E-state index >= 15 is 0 Å². The third-order valence-electron chi connectivity index (χ3n) is 4.66. The highest BCUT2D eigenvalue weighted by Crippen LogP contribution is 2.34. The minimum absolute atomic E-state index is 0.0469. The molecule has 0 unspecified atom stereocenters. The van der Waals surface area contributed by atoms with Crippen LogP contribution in [0.25, 0.3) is 11.8 Å². The van der Waals surface area contributed by atoms with Crippen molar-refractivity contribution in [1.29, 1.82) is 0 Å². The Morgan fingerprint density at radius 2 is 1.62 bits per heavy atom. The van der Waals surface area contributed by atoms with Crippen LogP contribution in [0.15, 0.2) is 95.7 Å². The van der Waals surface area contributed by atoms with E-state index in [1.807, 2.05) is 30.3 Å². The van der Waals surface area contributed by atoms with Gasteiger partial charge >= 0.3 is 5.97 Å². The van der Waals surface area contributed by atoms with Crippen LogP contribution in [-0.4, -0.2) is 46.8 Å². The van der Waals surface area contributed by atoms with Gasteiger partial charge in [-0.3, -0.25) is 9.10 Å². The van der Waals surface area contributed by atoms with Crippen LogP contribution in [-0.2, 0) is 19.6 Å². The second kappa shape index (κ2) is 10.5. The van der Waals surface area contributed by atoms with Gasteiger partial charge in [-0.1, -0.05) is 48.5 Å². The smallest absolute Gasteiger partial charge is 0.328 e. The lowest BCUT2D eigenvalue weighted by Gasteiger charge is -2.28. The maximum absolute atomic E-state index is 12.5. The number of sulfonamides is 1. The van der Waals surface area contributed by atoms with Crippen LogP contribution < -0.4 is 5.32 Å². The summed E-state index contributed by atoms with van der Waals surface area (Å²) in [6.07, 6.45) is 4.16. The van der Waals surface area contributed by atoms with E-state index in [0.717, 1.165) is 15.9 Å². The number of nitrogens with zero attached hydrogens (tertiary/aromatic N) is 2. The van der Waals surface area contributed by atoms with Gasteiger partial charge in [-0.15, -0.1) is 0 Å². The standard InChI is InChI=1S/C15H13N3O4S.C9H8O2/c1-18-13(15(20)17-12-8-4-5-9-16-12)14(19)10-6-2-3-7-11(10)23(18,21)22;10-9(11)7-6-8-4-2-1-3-5-8/h2-9,19H,1H3,(H,16,17,20);1-7H,(H,10,11). The van der Waals surface area contributed by atoms with Crippen molar-refractivity contribution in [2.24, 2.45) is 0 Å². The van der Waals surface area contributed by atoms with Crippen LogP contribution in [0.1, 0.15) is 11.1 Å². The van der Waals surface area contributed by atoms with Crippen molar-refractivity contribution >= 4 is 39.6 Å². The predicted octanol–water partition coefficient (Wildman–Crippen LogP) is 3.37. The van der Waals surface area contributed by atoms with Crippen LogP contribution in [0, 0.1) is 0 Å². The van der Waals surface area contributed by atoms with E-state index in [1.54, 1.807) is 36.4 Å². The lowest BCUT2D eigenvalue weighted by atomic mass is 10.1. The highest BCUT2D eigenvalue weighted by molar-refractivity contribution is 7.89. The Bertz CT molecular complexity index is 1350. The Balaban J connectivity index is 0.000000248. The van der Waals surface area contributed by atoms with Gasteiger partial charge in [-0.25, -0.2) is 18.2 Å². The first kappa shape index (κ1) is 24.2. The fourth-order valence-corrected chi connectivity index (χ4v) is 4.42. The fourth-order valence-electron chi connectivity index (χ4n) is 3.03. The van der Waals surface area contributed by atoms with Gasteiger partial charge in [0.25, 0.3) is 15.9 Å². The van der Waals surface area contributed by atoms with Crippen molar-refractivity contribution in [2.75, 3.05) is 12.4 Å². The Kier molecular flexibility index (Phi) is 7.44. The van der Waals surface area contributed by atoms with Gasteiger partial charge in [0.05, 0.1) is 4.90 Å². The van der Waals surface area contributed by atoms with Crippen molar-refractivity contribution in [1.82, 2.24) is 9.29 Å². The van der Waals surface area contributed by atoms with E-state index in [1.165, 1.54) is 25.4 Å². The first-order valence-corrected chi connectivity index (χ1v) is 11.4. The Morgan fingerprint density at radius 1 is 0.971 bits per heavy atom. The topological polar surface area (TPSA) is 137 Å². The van der Waals surface area contributed by atoms with Gasteiger partial charge in [0.1, 0.15) is 5.82 Å². The zero-order chi connectivity index (χ0) is 24.7. The van der Waals surface area contributed by atoms with Gasteiger partial charge in [0, 0.05) is 24.9 Å². The summed E-state index contributed by atoms with van der Waals surface area (Å²) < 4.78 is 25.8. The van der Waals surface area contributed by atoms with Crippen LogP contribution in [0.3, 0.4) is 0 Å². The van der Waals surface area contributed by atoms with Gasteiger partial charge in [-0.2, -0.15) is 0 Å². The molecule has 0 aliphatic carbocycles. The third-order valence-corrected chi connectivity index (χ3v) is 6.47. The summed E-state index contributed by atoms with van der Waals surface area (Å²) in [5.41, 5.74) is 0.640. The number of rotatable bonds is 4. The molecule has 4 rings (SSSR count). The lowest BCUT2D eigenvalue weighted by molar-refractivity contribution is -0.131. The molecule has 1 aliphatic heterocycles. The SMILES string of the molecule is CN1C(C(=O)Nc2ccccn2)=C(O)c2ccccc2S1(=O)=O.O=C(O)C=Cc1ccccc1. The predicted molar refractivity (Wildman–Crippen MR) is 127 cm³/mol. The average molecular weight is 480 g/mol. The van der Waals surface area contributed by atoms with Crippen LogP contribution in [0.5, 0.6) is 0 Å². The normalized spacial score (nSPS) is 14.1. The molecular formula is C24H21N3O6S. The van der Waals surface area contributed by atoms with Gasteiger partial charge < -0.3 is 15.5 Å². The van der Waals surface area contributed by atoms with E-state index in [4.69, 9.17) is 5.11 Å². The molecule has 3 N–H and O–H groups in total. The number of hydrogen-bond donors (Lipinski definition) is 3. The van der Waals surface area contributed by atoms with E-state index in [9.17, 15) is 23.1 Å². The number of amides is 1. The summed E-state index contributed by atoms with van der Waals surface area (Å²) in [4.78, 5) is 26.4. The summed E-state index contributed by atoms with van der Waals surface area (Å²) in [6.45, 7) is 0. The zero-order valence-corrected chi connectivity index (χ0v) is 18.8. The molecule has 0 radical (unpaired) electrons. The fraction of sp³-hybridized carbons (Fsp3) is 0.0417. The minimum atomic E-state index is -3.91. The van der Waals surface area contributed by atoms with Gasteiger partial charge in [0.15, 0.2) is 11.5 Å². The molecule has 0 saturated heterocycles. The summed E-state index contributed by atoms with van der Waals surface area (Å²) >= 11 is 0. The molecule has 0 bridgehead atoms. The number of anilines is 1. The number of aliphatic hydroxyl groups excluding tert-OH is 1. The van der Waals surface area contributed by atoms with Crippen molar-refractivity contribution in [3.63, 3.8) is 0 Å². The molecule has 2 heterocycles. The summed E-state index contributed by atoms with van der Waals surface area (Å²) in [5.74, 6) is -1.83. The molecule has 2 aromatic carbocycles. The number of hydrogen-bond acceptors (Lipinski definition) is 6. The summed E-state index contributed by atoms with van der Waals surface area (Å²) in [6, 6.07) is 20.2. The Morgan fingerprint density at radius 3 is 2.26 bits per heavy atom. The number of benzene rings is 2. The molecule has 1 aliphatic rings.